The first kappa shape index (κ1) is 28.3. The lowest BCUT2D eigenvalue weighted by Gasteiger charge is -2.32. The van der Waals surface area contributed by atoms with Crippen molar-refractivity contribution in [3.05, 3.63) is 47.9 Å². The van der Waals surface area contributed by atoms with Crippen LogP contribution in [0.2, 0.25) is 0 Å². The molecule has 0 radical (unpaired) electrons. The van der Waals surface area contributed by atoms with Crippen molar-refractivity contribution in [1.29, 1.82) is 0 Å². The van der Waals surface area contributed by atoms with Gasteiger partial charge in [0.2, 0.25) is 15.9 Å². The first-order valence-corrected chi connectivity index (χ1v) is 13.2. The average molecular weight is 511 g/mol. The molecule has 0 saturated heterocycles. The highest BCUT2D eigenvalue weighted by molar-refractivity contribution is 7.92. The van der Waals surface area contributed by atoms with Crippen molar-refractivity contribution < 1.29 is 32.6 Å². The van der Waals surface area contributed by atoms with Crippen LogP contribution in [0.25, 0.3) is 0 Å². The molecule has 2 amide bonds. The molecule has 11 nitrogen and oxygen atoms in total. The molecule has 1 heterocycles. The molecule has 0 aliphatic carbocycles. The standard InChI is InChI=1S/C23H34N4O7S/c1-5-6-12-17(24-15(2)28)20(29)21(30)18(13-16-10-8-7-9-11-16)25-22(31)19-14-34-23(26-19)27(3)35(4,32)33/h7-11,14,17-18,20-21,29-30H,5-6,12-13H2,1-4H3,(H,24,28)(H,25,31)/t17-,18+,20-,21-/m1/s1. The normalized spacial score (nSPS) is 15.0. The van der Waals surface area contributed by atoms with Crippen LogP contribution in [0.1, 0.15) is 49.2 Å². The molecule has 2 aromatic rings. The summed E-state index contributed by atoms with van der Waals surface area (Å²) in [5, 5.41) is 27.3. The lowest BCUT2D eigenvalue weighted by atomic mass is 9.91. The number of nitrogens with one attached hydrogen (secondary N) is 2. The maximum atomic E-state index is 12.9. The molecular formula is C23H34N4O7S. The topological polar surface area (TPSA) is 162 Å². The Kier molecular flexibility index (Phi) is 10.2. The van der Waals surface area contributed by atoms with Crippen LogP contribution >= 0.6 is 0 Å². The van der Waals surface area contributed by atoms with Crippen LogP contribution in [0.15, 0.2) is 41.0 Å². The van der Waals surface area contributed by atoms with E-state index in [1.807, 2.05) is 37.3 Å². The third-order valence-corrected chi connectivity index (χ3v) is 6.69. The molecule has 1 aromatic heterocycles. The number of unbranched alkanes of at least 4 members (excludes halogenated alkanes) is 1. The Bertz CT molecular complexity index is 1070. The van der Waals surface area contributed by atoms with E-state index in [-0.39, 0.29) is 24.0 Å². The summed E-state index contributed by atoms with van der Waals surface area (Å²) in [6, 6.07) is 7.13. The van der Waals surface area contributed by atoms with E-state index in [2.05, 4.69) is 15.6 Å². The van der Waals surface area contributed by atoms with E-state index in [0.29, 0.717) is 6.42 Å². The summed E-state index contributed by atoms with van der Waals surface area (Å²) in [5.41, 5.74) is 0.603. The molecule has 0 fully saturated rings. The van der Waals surface area contributed by atoms with Gasteiger partial charge in [-0.25, -0.2) is 12.7 Å². The van der Waals surface area contributed by atoms with Gasteiger partial charge in [-0.15, -0.1) is 0 Å². The molecule has 12 heteroatoms. The van der Waals surface area contributed by atoms with Crippen LogP contribution in [0.3, 0.4) is 0 Å². The SMILES string of the molecule is CCCC[C@@H](NC(C)=O)[C@@H](O)[C@H](O)[C@H](Cc1ccccc1)NC(=O)c1coc(N(C)S(C)(=O)=O)n1. The maximum absolute atomic E-state index is 12.9. The zero-order chi connectivity index (χ0) is 26.2. The number of aliphatic hydroxyl groups excluding tert-OH is 2. The molecule has 0 unspecified atom stereocenters. The van der Waals surface area contributed by atoms with Crippen LogP contribution in [-0.2, 0) is 21.2 Å². The number of rotatable bonds is 13. The summed E-state index contributed by atoms with van der Waals surface area (Å²) in [5.74, 6) is -1.06. The van der Waals surface area contributed by atoms with Gasteiger partial charge in [-0.3, -0.25) is 9.59 Å². The minimum atomic E-state index is -3.65. The monoisotopic (exact) mass is 510 g/mol. The average Bonchev–Trinajstić information content (AvgIpc) is 3.30. The van der Waals surface area contributed by atoms with E-state index in [9.17, 15) is 28.2 Å². The van der Waals surface area contributed by atoms with E-state index in [1.54, 1.807) is 0 Å². The number of sulfonamides is 1. The second kappa shape index (κ2) is 12.7. The fraction of sp³-hybridized carbons (Fsp3) is 0.522. The molecule has 0 aliphatic heterocycles. The minimum Gasteiger partial charge on any atom is -0.430 e. The van der Waals surface area contributed by atoms with E-state index >= 15 is 0 Å². The van der Waals surface area contributed by atoms with Gasteiger partial charge in [-0.1, -0.05) is 50.1 Å². The Balaban J connectivity index is 2.27. The first-order chi connectivity index (χ1) is 16.4. The summed E-state index contributed by atoms with van der Waals surface area (Å²) < 4.78 is 29.3. The fourth-order valence-electron chi connectivity index (χ4n) is 3.51. The first-order valence-electron chi connectivity index (χ1n) is 11.3. The number of carbonyl (C=O) groups excluding carboxylic acids is 2. The predicted octanol–water partition coefficient (Wildman–Crippen LogP) is 0.828. The molecule has 4 N–H and O–H groups in total. The van der Waals surface area contributed by atoms with Crippen molar-refractivity contribution >= 4 is 27.9 Å². The summed E-state index contributed by atoms with van der Waals surface area (Å²) in [6.45, 7) is 3.30. The van der Waals surface area contributed by atoms with Crippen molar-refractivity contribution in [1.82, 2.24) is 15.6 Å². The number of benzene rings is 1. The number of carbonyl (C=O) groups is 2. The van der Waals surface area contributed by atoms with E-state index in [4.69, 9.17) is 4.42 Å². The van der Waals surface area contributed by atoms with Gasteiger partial charge in [0.05, 0.1) is 18.3 Å². The number of anilines is 1. The lowest BCUT2D eigenvalue weighted by molar-refractivity contribution is -0.121. The molecular weight excluding hydrogens is 476 g/mol. The number of aromatic nitrogens is 1. The molecule has 0 bridgehead atoms. The molecule has 0 aliphatic rings. The van der Waals surface area contributed by atoms with Gasteiger partial charge in [0.15, 0.2) is 5.69 Å². The second-order valence-corrected chi connectivity index (χ2v) is 10.5. The van der Waals surface area contributed by atoms with Crippen LogP contribution in [-0.4, -0.2) is 73.0 Å². The largest absolute Gasteiger partial charge is 0.430 e. The Hall–Kier alpha value is -2.96. The van der Waals surface area contributed by atoms with Crippen LogP contribution in [0.5, 0.6) is 0 Å². The van der Waals surface area contributed by atoms with Gasteiger partial charge in [0, 0.05) is 14.0 Å². The van der Waals surface area contributed by atoms with Crippen molar-refractivity contribution in [2.75, 3.05) is 17.6 Å². The number of hydrogen-bond donors (Lipinski definition) is 4. The molecule has 2 rings (SSSR count). The van der Waals surface area contributed by atoms with Gasteiger partial charge >= 0.3 is 6.01 Å². The quantitative estimate of drug-likeness (QED) is 0.308. The van der Waals surface area contributed by atoms with Crippen molar-refractivity contribution in [3.63, 3.8) is 0 Å². The number of aliphatic hydroxyl groups is 2. The van der Waals surface area contributed by atoms with E-state index in [0.717, 1.165) is 35.2 Å². The van der Waals surface area contributed by atoms with Crippen molar-refractivity contribution in [3.8, 4) is 0 Å². The fourth-order valence-corrected chi connectivity index (χ4v) is 3.88. The predicted molar refractivity (Wildman–Crippen MR) is 130 cm³/mol. The summed E-state index contributed by atoms with van der Waals surface area (Å²) in [4.78, 5) is 28.5. The summed E-state index contributed by atoms with van der Waals surface area (Å²) >= 11 is 0. The molecule has 0 saturated carbocycles. The van der Waals surface area contributed by atoms with Crippen molar-refractivity contribution in [2.45, 2.75) is 63.8 Å². The van der Waals surface area contributed by atoms with Gasteiger partial charge < -0.3 is 25.3 Å². The van der Waals surface area contributed by atoms with Crippen LogP contribution in [0.4, 0.5) is 6.01 Å². The molecule has 4 atom stereocenters. The number of amides is 2. The Morgan fingerprint density at radius 2 is 1.74 bits per heavy atom. The van der Waals surface area contributed by atoms with Crippen LogP contribution < -0.4 is 14.9 Å². The van der Waals surface area contributed by atoms with Gasteiger partial charge in [0.25, 0.3) is 5.91 Å². The van der Waals surface area contributed by atoms with Gasteiger partial charge in [-0.2, -0.15) is 4.98 Å². The smallest absolute Gasteiger partial charge is 0.311 e. The zero-order valence-corrected chi connectivity index (χ0v) is 21.2. The molecule has 0 spiro atoms. The number of hydrogen-bond acceptors (Lipinski definition) is 8. The number of oxazole rings is 1. The highest BCUT2D eigenvalue weighted by Crippen LogP contribution is 2.17. The highest BCUT2D eigenvalue weighted by atomic mass is 32.2. The zero-order valence-electron chi connectivity index (χ0n) is 20.3. The summed E-state index contributed by atoms with van der Waals surface area (Å²) in [6.07, 6.45) is 1.37. The Labute approximate surface area is 205 Å². The maximum Gasteiger partial charge on any atom is 0.311 e. The third-order valence-electron chi connectivity index (χ3n) is 5.54. The van der Waals surface area contributed by atoms with Crippen molar-refractivity contribution in [2.24, 2.45) is 0 Å². The van der Waals surface area contributed by atoms with Gasteiger partial charge in [0.1, 0.15) is 18.5 Å². The lowest BCUT2D eigenvalue weighted by Crippen LogP contribution is -2.56. The molecule has 35 heavy (non-hydrogen) atoms. The van der Waals surface area contributed by atoms with Crippen LogP contribution in [0, 0.1) is 0 Å². The van der Waals surface area contributed by atoms with E-state index < -0.39 is 40.2 Å². The second-order valence-electron chi connectivity index (χ2n) is 8.45. The Morgan fingerprint density at radius 3 is 2.31 bits per heavy atom. The number of nitrogens with zero attached hydrogens (tertiary/aromatic N) is 2. The van der Waals surface area contributed by atoms with E-state index in [1.165, 1.54) is 14.0 Å². The van der Waals surface area contributed by atoms with Gasteiger partial charge in [-0.05, 0) is 18.4 Å². The minimum absolute atomic E-state index is 0.180. The highest BCUT2D eigenvalue weighted by Gasteiger charge is 2.34. The molecule has 1 aromatic carbocycles. The third kappa shape index (κ3) is 8.34. The molecule has 194 valence electrons. The summed E-state index contributed by atoms with van der Waals surface area (Å²) in [7, 11) is -2.41. The Morgan fingerprint density at radius 1 is 1.11 bits per heavy atom.